The monoisotopic (exact) mass is 277 g/mol. The van der Waals surface area contributed by atoms with Crippen molar-refractivity contribution in [2.45, 2.75) is 20.3 Å². The van der Waals surface area contributed by atoms with Crippen molar-refractivity contribution in [3.05, 3.63) is 16.3 Å². The zero-order chi connectivity index (χ0) is 13.8. The van der Waals surface area contributed by atoms with Gasteiger partial charge >= 0.3 is 0 Å². The van der Waals surface area contributed by atoms with Gasteiger partial charge in [0.1, 0.15) is 0 Å². The van der Waals surface area contributed by atoms with Crippen molar-refractivity contribution in [2.24, 2.45) is 0 Å². The van der Waals surface area contributed by atoms with Crippen LogP contribution in [0.1, 0.15) is 18.2 Å². The lowest BCUT2D eigenvalue weighted by Crippen LogP contribution is -2.16. The van der Waals surface area contributed by atoms with Gasteiger partial charge in [-0.3, -0.25) is 0 Å². The van der Waals surface area contributed by atoms with Crippen LogP contribution in [0.25, 0.3) is 11.4 Å². The van der Waals surface area contributed by atoms with Gasteiger partial charge in [0.05, 0.1) is 0 Å². The van der Waals surface area contributed by atoms with Crippen LogP contribution in [0.3, 0.4) is 0 Å². The van der Waals surface area contributed by atoms with Crippen LogP contribution in [-0.4, -0.2) is 35.6 Å². The molecule has 0 amide bonds. The van der Waals surface area contributed by atoms with Gasteiger partial charge in [0, 0.05) is 36.5 Å². The lowest BCUT2D eigenvalue weighted by atomic mass is 10.3. The Morgan fingerprint density at radius 2 is 2.05 bits per heavy atom. The van der Waals surface area contributed by atoms with E-state index in [-0.39, 0.29) is 0 Å². The minimum atomic E-state index is 0.638. The molecule has 0 aromatic carbocycles. The van der Waals surface area contributed by atoms with Crippen LogP contribution in [0.15, 0.2) is 11.4 Å². The van der Waals surface area contributed by atoms with Crippen molar-refractivity contribution >= 4 is 23.2 Å². The fourth-order valence-electron chi connectivity index (χ4n) is 1.57. The Labute approximate surface area is 117 Å². The van der Waals surface area contributed by atoms with Gasteiger partial charge in [0.15, 0.2) is 5.82 Å². The first-order valence-electron chi connectivity index (χ1n) is 6.33. The number of aryl methyl sites for hydroxylation is 1. The van der Waals surface area contributed by atoms with Gasteiger partial charge in [-0.2, -0.15) is 15.0 Å². The van der Waals surface area contributed by atoms with Gasteiger partial charge < -0.3 is 10.2 Å². The van der Waals surface area contributed by atoms with Crippen molar-refractivity contribution < 1.29 is 0 Å². The summed E-state index contributed by atoms with van der Waals surface area (Å²) in [6.07, 6.45) is 1.04. The van der Waals surface area contributed by atoms with Crippen LogP contribution in [0.5, 0.6) is 0 Å². The van der Waals surface area contributed by atoms with Crippen molar-refractivity contribution in [2.75, 3.05) is 30.9 Å². The molecule has 2 aromatic heterocycles. The summed E-state index contributed by atoms with van der Waals surface area (Å²) in [5.74, 6) is 2.04. The molecule has 1 N–H and O–H groups in total. The number of hydrogen-bond donors (Lipinski definition) is 1. The zero-order valence-corrected chi connectivity index (χ0v) is 12.6. The molecular formula is C13H19N5S. The topological polar surface area (TPSA) is 53.9 Å². The Morgan fingerprint density at radius 1 is 1.26 bits per heavy atom. The maximum atomic E-state index is 4.49. The third kappa shape index (κ3) is 3.41. The third-order valence-corrected chi connectivity index (χ3v) is 3.41. The standard InChI is InChI=1S/C13H19N5S/c1-5-6-14-12-15-11(10-7-9(2)19-8-10)16-13(17-12)18(3)4/h7-8H,5-6H2,1-4H3,(H,14,15,16,17). The van der Waals surface area contributed by atoms with Crippen LogP contribution in [0, 0.1) is 6.92 Å². The van der Waals surface area contributed by atoms with E-state index in [2.05, 4.69) is 45.6 Å². The largest absolute Gasteiger partial charge is 0.354 e. The van der Waals surface area contributed by atoms with Crippen LogP contribution < -0.4 is 10.2 Å². The highest BCUT2D eigenvalue weighted by atomic mass is 32.1. The van der Waals surface area contributed by atoms with Gasteiger partial charge in [-0.25, -0.2) is 0 Å². The molecule has 6 heteroatoms. The molecule has 2 aromatic rings. The molecule has 0 saturated heterocycles. The second-order valence-corrected chi connectivity index (χ2v) is 5.67. The number of nitrogens with zero attached hydrogens (tertiary/aromatic N) is 4. The quantitative estimate of drug-likeness (QED) is 0.910. The van der Waals surface area contributed by atoms with Crippen LogP contribution in [0.4, 0.5) is 11.9 Å². The predicted octanol–water partition coefficient (Wildman–Crippen LogP) is 2.80. The first kappa shape index (κ1) is 13.7. The molecule has 0 saturated carbocycles. The van der Waals surface area contributed by atoms with E-state index in [1.165, 1.54) is 4.88 Å². The van der Waals surface area contributed by atoms with Gasteiger partial charge in [-0.15, -0.1) is 11.3 Å². The Bertz CT molecular complexity index is 550. The van der Waals surface area contributed by atoms with E-state index in [1.807, 2.05) is 19.0 Å². The number of thiophene rings is 1. The minimum absolute atomic E-state index is 0.638. The maximum Gasteiger partial charge on any atom is 0.230 e. The molecule has 0 atom stereocenters. The zero-order valence-electron chi connectivity index (χ0n) is 11.8. The number of rotatable bonds is 5. The van der Waals surface area contributed by atoms with Crippen molar-refractivity contribution in [3.63, 3.8) is 0 Å². The Hall–Kier alpha value is -1.69. The van der Waals surface area contributed by atoms with E-state index in [4.69, 9.17) is 0 Å². The van der Waals surface area contributed by atoms with E-state index in [9.17, 15) is 0 Å². The first-order chi connectivity index (χ1) is 9.10. The highest BCUT2D eigenvalue weighted by Crippen LogP contribution is 2.24. The molecule has 102 valence electrons. The summed E-state index contributed by atoms with van der Waals surface area (Å²) in [4.78, 5) is 16.5. The molecule has 5 nitrogen and oxygen atoms in total. The molecule has 19 heavy (non-hydrogen) atoms. The first-order valence-corrected chi connectivity index (χ1v) is 7.21. The Kier molecular flexibility index (Phi) is 4.31. The smallest absolute Gasteiger partial charge is 0.230 e. The summed E-state index contributed by atoms with van der Waals surface area (Å²) < 4.78 is 0. The fourth-order valence-corrected chi connectivity index (χ4v) is 2.25. The van der Waals surface area contributed by atoms with E-state index in [0.29, 0.717) is 11.9 Å². The summed E-state index contributed by atoms with van der Waals surface area (Å²) in [5, 5.41) is 5.30. The number of nitrogens with one attached hydrogen (secondary N) is 1. The molecule has 0 bridgehead atoms. The lowest BCUT2D eigenvalue weighted by Gasteiger charge is -2.12. The molecule has 0 spiro atoms. The fraction of sp³-hybridized carbons (Fsp3) is 0.462. The van der Waals surface area contributed by atoms with Crippen molar-refractivity contribution in [1.82, 2.24) is 15.0 Å². The molecule has 2 rings (SSSR count). The third-order valence-electron chi connectivity index (χ3n) is 2.55. The predicted molar refractivity (Wildman–Crippen MR) is 81.0 cm³/mol. The second kappa shape index (κ2) is 5.97. The maximum absolute atomic E-state index is 4.49. The van der Waals surface area contributed by atoms with E-state index in [1.54, 1.807) is 11.3 Å². The average Bonchev–Trinajstić information content (AvgIpc) is 2.82. The van der Waals surface area contributed by atoms with Crippen molar-refractivity contribution in [1.29, 1.82) is 0 Å². The molecule has 0 radical (unpaired) electrons. The molecular weight excluding hydrogens is 258 g/mol. The Balaban J connectivity index is 2.39. The number of hydrogen-bond acceptors (Lipinski definition) is 6. The molecule has 0 aliphatic carbocycles. The molecule has 0 fully saturated rings. The highest BCUT2D eigenvalue weighted by Gasteiger charge is 2.10. The highest BCUT2D eigenvalue weighted by molar-refractivity contribution is 7.10. The summed E-state index contributed by atoms with van der Waals surface area (Å²) in [5.41, 5.74) is 1.05. The number of anilines is 2. The van der Waals surface area contributed by atoms with E-state index < -0.39 is 0 Å². The van der Waals surface area contributed by atoms with Gasteiger partial charge in [0.25, 0.3) is 0 Å². The average molecular weight is 277 g/mol. The van der Waals surface area contributed by atoms with Gasteiger partial charge in [0.2, 0.25) is 11.9 Å². The molecule has 0 aliphatic rings. The summed E-state index contributed by atoms with van der Waals surface area (Å²) in [6.45, 7) is 5.06. The Morgan fingerprint density at radius 3 is 2.63 bits per heavy atom. The van der Waals surface area contributed by atoms with Gasteiger partial charge in [-0.1, -0.05) is 6.92 Å². The molecule has 0 aliphatic heterocycles. The summed E-state index contributed by atoms with van der Waals surface area (Å²) >= 11 is 1.70. The second-order valence-electron chi connectivity index (χ2n) is 4.55. The summed E-state index contributed by atoms with van der Waals surface area (Å²) in [7, 11) is 3.86. The SMILES string of the molecule is CCCNc1nc(-c2csc(C)c2)nc(N(C)C)n1. The van der Waals surface area contributed by atoms with Crippen molar-refractivity contribution in [3.8, 4) is 11.4 Å². The minimum Gasteiger partial charge on any atom is -0.354 e. The van der Waals surface area contributed by atoms with Gasteiger partial charge in [-0.05, 0) is 19.4 Å². The normalized spacial score (nSPS) is 10.5. The van der Waals surface area contributed by atoms with E-state index >= 15 is 0 Å². The van der Waals surface area contributed by atoms with Crippen LogP contribution in [-0.2, 0) is 0 Å². The van der Waals surface area contributed by atoms with Crippen LogP contribution >= 0.6 is 11.3 Å². The molecule has 0 unspecified atom stereocenters. The number of aromatic nitrogens is 3. The molecule has 2 heterocycles. The summed E-state index contributed by atoms with van der Waals surface area (Å²) in [6, 6.07) is 2.10. The van der Waals surface area contributed by atoms with Crippen LogP contribution in [0.2, 0.25) is 0 Å². The lowest BCUT2D eigenvalue weighted by molar-refractivity contribution is 0.920. The van der Waals surface area contributed by atoms with E-state index in [0.717, 1.165) is 24.4 Å².